The van der Waals surface area contributed by atoms with E-state index in [4.69, 9.17) is 32.4 Å². The van der Waals surface area contributed by atoms with Gasteiger partial charge in [-0.25, -0.2) is 0 Å². The third kappa shape index (κ3) is 4.74. The first-order valence-corrected chi connectivity index (χ1v) is 9.57. The maximum Gasteiger partial charge on any atom is 0.277 e. The Balaban J connectivity index is 1.61. The molecule has 0 aliphatic rings. The van der Waals surface area contributed by atoms with E-state index in [9.17, 15) is 4.79 Å². The Bertz CT molecular complexity index is 961. The zero-order valence-electron chi connectivity index (χ0n) is 14.5. The zero-order chi connectivity index (χ0) is 19.4. The van der Waals surface area contributed by atoms with E-state index < -0.39 is 0 Å². The van der Waals surface area contributed by atoms with Gasteiger partial charge >= 0.3 is 0 Å². The molecule has 0 saturated carbocycles. The average Bonchev–Trinajstić information content (AvgIpc) is 3.16. The molecule has 0 unspecified atom stereocenters. The Hall–Kier alpha value is -2.22. The molecule has 0 spiro atoms. The number of aromatic nitrogens is 2. The molecule has 3 rings (SSSR count). The third-order valence-electron chi connectivity index (χ3n) is 3.62. The number of carbonyl (C=O) groups excluding carboxylic acids is 1. The Morgan fingerprint density at radius 3 is 2.63 bits per heavy atom. The summed E-state index contributed by atoms with van der Waals surface area (Å²) in [5, 5.41) is 11.7. The first-order chi connectivity index (χ1) is 13.0. The second kappa shape index (κ2) is 8.65. The molecule has 140 valence electrons. The predicted molar refractivity (Wildman–Crippen MR) is 107 cm³/mol. The first-order valence-electron chi connectivity index (χ1n) is 7.83. The van der Waals surface area contributed by atoms with Crippen LogP contribution in [0.4, 0.5) is 5.69 Å². The molecule has 0 bridgehead atoms. The molecule has 0 radical (unpaired) electrons. The van der Waals surface area contributed by atoms with Crippen LogP contribution in [0.3, 0.4) is 0 Å². The lowest BCUT2D eigenvalue weighted by Gasteiger charge is -2.10. The van der Waals surface area contributed by atoms with Crippen LogP contribution < -0.4 is 10.1 Å². The molecule has 0 atom stereocenters. The molecule has 1 amide bonds. The highest BCUT2D eigenvalue weighted by molar-refractivity contribution is 7.99. The molecule has 6 nitrogen and oxygen atoms in total. The van der Waals surface area contributed by atoms with Gasteiger partial charge in [0.15, 0.2) is 0 Å². The summed E-state index contributed by atoms with van der Waals surface area (Å²) < 4.78 is 10.7. The number of thioether (sulfide) groups is 1. The molecule has 0 aliphatic carbocycles. The van der Waals surface area contributed by atoms with E-state index in [1.165, 1.54) is 0 Å². The molecule has 1 N–H and O–H groups in total. The number of hydrogen-bond donors (Lipinski definition) is 1. The fourth-order valence-electron chi connectivity index (χ4n) is 2.19. The number of nitrogens with zero attached hydrogens (tertiary/aromatic N) is 2. The normalized spacial score (nSPS) is 10.7. The number of aryl methyl sites for hydroxylation is 1. The van der Waals surface area contributed by atoms with E-state index in [1.807, 2.05) is 19.1 Å². The highest BCUT2D eigenvalue weighted by atomic mass is 35.5. The van der Waals surface area contributed by atoms with Gasteiger partial charge in [-0.05, 0) is 42.8 Å². The van der Waals surface area contributed by atoms with Crippen LogP contribution in [0.25, 0.3) is 11.5 Å². The van der Waals surface area contributed by atoms with E-state index in [0.29, 0.717) is 21.6 Å². The Morgan fingerprint density at radius 2 is 1.93 bits per heavy atom. The minimum Gasteiger partial charge on any atom is -0.497 e. The number of anilines is 1. The van der Waals surface area contributed by atoms with Crippen molar-refractivity contribution in [2.75, 3.05) is 18.2 Å². The van der Waals surface area contributed by atoms with E-state index in [0.717, 1.165) is 28.6 Å². The first kappa shape index (κ1) is 19.5. The fourth-order valence-corrected chi connectivity index (χ4v) is 3.22. The quantitative estimate of drug-likeness (QED) is 0.556. The molecular formula is C18H15Cl2N3O3S. The highest BCUT2D eigenvalue weighted by Crippen LogP contribution is 2.33. The van der Waals surface area contributed by atoms with E-state index in [2.05, 4.69) is 15.5 Å². The van der Waals surface area contributed by atoms with Gasteiger partial charge in [-0.1, -0.05) is 41.0 Å². The second-order valence-corrected chi connectivity index (χ2v) is 7.20. The topological polar surface area (TPSA) is 77.2 Å². The zero-order valence-corrected chi connectivity index (χ0v) is 16.8. The average molecular weight is 424 g/mol. The van der Waals surface area contributed by atoms with Crippen molar-refractivity contribution in [1.29, 1.82) is 0 Å². The molecule has 0 fully saturated rings. The van der Waals surface area contributed by atoms with Crippen LogP contribution >= 0.6 is 35.0 Å². The summed E-state index contributed by atoms with van der Waals surface area (Å²) in [6.07, 6.45) is 0. The number of nitrogens with one attached hydrogen (secondary N) is 1. The van der Waals surface area contributed by atoms with Crippen LogP contribution in [-0.2, 0) is 4.79 Å². The minimum absolute atomic E-state index is 0.0743. The summed E-state index contributed by atoms with van der Waals surface area (Å²) in [5.41, 5.74) is 1.98. The largest absolute Gasteiger partial charge is 0.497 e. The van der Waals surface area contributed by atoms with Gasteiger partial charge in [-0.3, -0.25) is 4.79 Å². The molecule has 9 heteroatoms. The Kier molecular flexibility index (Phi) is 6.26. The van der Waals surface area contributed by atoms with Crippen molar-refractivity contribution in [2.45, 2.75) is 12.1 Å². The maximum atomic E-state index is 12.2. The lowest BCUT2D eigenvalue weighted by Crippen LogP contribution is -2.15. The highest BCUT2D eigenvalue weighted by Gasteiger charge is 2.14. The Labute approximate surface area is 170 Å². The molecule has 3 aromatic rings. The van der Waals surface area contributed by atoms with Gasteiger partial charge in [0.2, 0.25) is 11.8 Å². The summed E-state index contributed by atoms with van der Waals surface area (Å²) >= 11 is 13.4. The molecule has 0 aliphatic heterocycles. The smallest absolute Gasteiger partial charge is 0.277 e. The summed E-state index contributed by atoms with van der Waals surface area (Å²) in [6.45, 7) is 1.84. The summed E-state index contributed by atoms with van der Waals surface area (Å²) in [6, 6.07) is 10.7. The van der Waals surface area contributed by atoms with Crippen molar-refractivity contribution in [3.63, 3.8) is 0 Å². The summed E-state index contributed by atoms with van der Waals surface area (Å²) in [7, 11) is 1.60. The SMILES string of the molecule is COc1ccc(-c2nnc(SCC(=O)Nc3c(Cl)ccc(C)c3Cl)o2)cc1. The van der Waals surface area contributed by atoms with Gasteiger partial charge in [0.1, 0.15) is 5.75 Å². The van der Waals surface area contributed by atoms with E-state index in [1.54, 1.807) is 31.4 Å². The molecule has 27 heavy (non-hydrogen) atoms. The van der Waals surface area contributed by atoms with Crippen LogP contribution in [0.15, 0.2) is 46.0 Å². The van der Waals surface area contributed by atoms with Crippen LogP contribution in [0.1, 0.15) is 5.56 Å². The van der Waals surface area contributed by atoms with Crippen molar-refractivity contribution < 1.29 is 13.9 Å². The molecule has 0 saturated heterocycles. The lowest BCUT2D eigenvalue weighted by atomic mass is 10.2. The monoisotopic (exact) mass is 423 g/mol. The van der Waals surface area contributed by atoms with Gasteiger partial charge in [-0.2, -0.15) is 0 Å². The number of methoxy groups -OCH3 is 1. The van der Waals surface area contributed by atoms with Gasteiger partial charge < -0.3 is 14.5 Å². The second-order valence-electron chi connectivity index (χ2n) is 5.49. The minimum atomic E-state index is -0.279. The van der Waals surface area contributed by atoms with Crippen LogP contribution in [0, 0.1) is 6.92 Å². The van der Waals surface area contributed by atoms with Crippen LogP contribution in [0.2, 0.25) is 10.0 Å². The van der Waals surface area contributed by atoms with Crippen LogP contribution in [-0.4, -0.2) is 29.0 Å². The standard InChI is InChI=1S/C18H15Cl2N3O3S/c1-10-3-8-13(19)16(15(10)20)21-14(24)9-27-18-23-22-17(26-18)11-4-6-12(25-2)7-5-11/h3-8H,9H2,1-2H3,(H,21,24). The molecule has 2 aromatic carbocycles. The van der Waals surface area contributed by atoms with Gasteiger partial charge in [0.05, 0.1) is 28.6 Å². The van der Waals surface area contributed by atoms with Gasteiger partial charge in [0.25, 0.3) is 5.22 Å². The van der Waals surface area contributed by atoms with Gasteiger partial charge in [0, 0.05) is 5.56 Å². The number of ether oxygens (including phenoxy) is 1. The molecule has 1 heterocycles. The lowest BCUT2D eigenvalue weighted by molar-refractivity contribution is -0.113. The molecular weight excluding hydrogens is 409 g/mol. The van der Waals surface area contributed by atoms with Crippen molar-refractivity contribution in [2.24, 2.45) is 0 Å². The number of hydrogen-bond acceptors (Lipinski definition) is 6. The third-order valence-corrected chi connectivity index (χ3v) is 5.24. The van der Waals surface area contributed by atoms with Gasteiger partial charge in [-0.15, -0.1) is 10.2 Å². The van der Waals surface area contributed by atoms with E-state index in [-0.39, 0.29) is 16.9 Å². The number of amides is 1. The number of halogens is 2. The van der Waals surface area contributed by atoms with Crippen molar-refractivity contribution >= 4 is 46.6 Å². The fraction of sp³-hybridized carbons (Fsp3) is 0.167. The maximum absolute atomic E-state index is 12.2. The summed E-state index contributed by atoms with van der Waals surface area (Å²) in [4.78, 5) is 12.2. The van der Waals surface area contributed by atoms with Crippen molar-refractivity contribution in [3.05, 3.63) is 52.0 Å². The van der Waals surface area contributed by atoms with Crippen LogP contribution in [0.5, 0.6) is 5.75 Å². The van der Waals surface area contributed by atoms with E-state index >= 15 is 0 Å². The number of benzene rings is 2. The number of carbonyl (C=O) groups is 1. The molecule has 1 aromatic heterocycles. The predicted octanol–water partition coefficient (Wildman–Crippen LogP) is 5.09. The summed E-state index contributed by atoms with van der Waals surface area (Å²) in [5.74, 6) is 0.895. The number of rotatable bonds is 6. The van der Waals surface area contributed by atoms with Crippen molar-refractivity contribution in [1.82, 2.24) is 10.2 Å². The van der Waals surface area contributed by atoms with Crippen molar-refractivity contribution in [3.8, 4) is 17.2 Å². The Morgan fingerprint density at radius 1 is 1.19 bits per heavy atom.